The summed E-state index contributed by atoms with van der Waals surface area (Å²) in [6, 6.07) is 0. The van der Waals surface area contributed by atoms with E-state index in [1.165, 1.54) is 5.57 Å². The Morgan fingerprint density at radius 2 is 1.81 bits per heavy atom. The number of carbonyl (C=O) groups is 1. The van der Waals surface area contributed by atoms with E-state index >= 15 is 0 Å². The maximum Gasteiger partial charge on any atom is 0.143 e. The van der Waals surface area contributed by atoms with Gasteiger partial charge in [0.2, 0.25) is 0 Å². The molecular formula is C27H36O5. The van der Waals surface area contributed by atoms with Crippen LogP contribution in [-0.4, -0.2) is 52.1 Å². The van der Waals surface area contributed by atoms with Crippen molar-refractivity contribution in [3.63, 3.8) is 0 Å². The van der Waals surface area contributed by atoms with Crippen molar-refractivity contribution in [2.75, 3.05) is 6.61 Å². The molecule has 5 nitrogen and oxygen atoms in total. The number of ketones is 1. The third-order valence-corrected chi connectivity index (χ3v) is 11.2. The van der Waals surface area contributed by atoms with Crippen molar-refractivity contribution in [1.29, 1.82) is 0 Å². The highest BCUT2D eigenvalue weighted by molar-refractivity contribution is 5.91. The van der Waals surface area contributed by atoms with Gasteiger partial charge in [-0.15, -0.1) is 0 Å². The number of hydrogen-bond donors (Lipinski definition) is 3. The van der Waals surface area contributed by atoms with Crippen molar-refractivity contribution in [3.8, 4) is 0 Å². The van der Waals surface area contributed by atoms with Crippen LogP contribution in [0, 0.1) is 39.4 Å². The molecule has 1 heterocycles. The Kier molecular flexibility index (Phi) is 4.15. The van der Waals surface area contributed by atoms with E-state index < -0.39 is 46.1 Å². The molecular weight excluding hydrogens is 404 g/mol. The lowest BCUT2D eigenvalue weighted by atomic mass is 9.36. The summed E-state index contributed by atoms with van der Waals surface area (Å²) in [6.45, 7) is 8.68. The Balaban J connectivity index is 1.52. The van der Waals surface area contributed by atoms with Gasteiger partial charge in [-0.25, -0.2) is 0 Å². The molecule has 0 aromatic heterocycles. The first kappa shape index (κ1) is 21.3. The van der Waals surface area contributed by atoms with Gasteiger partial charge in [0.15, 0.2) is 0 Å². The number of aliphatic hydroxyl groups excluding tert-OH is 3. The highest BCUT2D eigenvalue weighted by Gasteiger charge is 2.77. The topological polar surface area (TPSA) is 87.0 Å². The predicted molar refractivity (Wildman–Crippen MR) is 119 cm³/mol. The third-order valence-electron chi connectivity index (χ3n) is 11.2. The van der Waals surface area contributed by atoms with Gasteiger partial charge in [0.25, 0.3) is 0 Å². The van der Waals surface area contributed by atoms with Crippen molar-refractivity contribution in [3.05, 3.63) is 35.5 Å². The fourth-order valence-corrected chi connectivity index (χ4v) is 9.44. The van der Waals surface area contributed by atoms with Crippen LogP contribution in [0.5, 0.6) is 0 Å². The molecule has 0 amide bonds. The summed E-state index contributed by atoms with van der Waals surface area (Å²) in [7, 11) is 0. The van der Waals surface area contributed by atoms with Gasteiger partial charge in [0.1, 0.15) is 5.78 Å². The molecule has 11 atom stereocenters. The number of ether oxygens (including phenoxy) is 1. The number of aliphatic hydroxyl groups is 3. The normalized spacial score (nSPS) is 58.2. The van der Waals surface area contributed by atoms with Crippen LogP contribution in [-0.2, 0) is 9.53 Å². The third kappa shape index (κ3) is 2.09. The molecule has 5 aliphatic carbocycles. The summed E-state index contributed by atoms with van der Waals surface area (Å²) in [5, 5.41) is 34.3. The van der Waals surface area contributed by atoms with Gasteiger partial charge in [-0.05, 0) is 31.3 Å². The molecule has 0 bridgehead atoms. The number of Topliss-reactive ketones (excluding diaryl/α,β-unsaturated/α-hetero) is 1. The van der Waals surface area contributed by atoms with Gasteiger partial charge in [-0.3, -0.25) is 4.79 Å². The van der Waals surface area contributed by atoms with Crippen LogP contribution in [0.15, 0.2) is 35.5 Å². The minimum absolute atomic E-state index is 0.104. The maximum absolute atomic E-state index is 14.0. The lowest BCUT2D eigenvalue weighted by Gasteiger charge is -2.68. The van der Waals surface area contributed by atoms with Gasteiger partial charge in [-0.1, -0.05) is 50.6 Å². The first-order chi connectivity index (χ1) is 15.0. The molecule has 0 spiro atoms. The van der Waals surface area contributed by atoms with E-state index in [-0.39, 0.29) is 30.0 Å². The molecule has 0 radical (unpaired) electrons. The van der Waals surface area contributed by atoms with E-state index in [1.807, 2.05) is 6.92 Å². The van der Waals surface area contributed by atoms with Crippen LogP contribution >= 0.6 is 0 Å². The number of carbonyl (C=O) groups excluding carboxylic acids is 1. The van der Waals surface area contributed by atoms with Crippen molar-refractivity contribution in [1.82, 2.24) is 0 Å². The molecule has 2 unspecified atom stereocenters. The Morgan fingerprint density at radius 3 is 2.50 bits per heavy atom. The van der Waals surface area contributed by atoms with Crippen molar-refractivity contribution in [2.24, 2.45) is 39.4 Å². The average Bonchev–Trinajstić information content (AvgIpc) is 3.46. The highest BCUT2D eigenvalue weighted by Crippen LogP contribution is 2.74. The molecule has 0 aromatic carbocycles. The zero-order valence-corrected chi connectivity index (χ0v) is 19.5. The van der Waals surface area contributed by atoms with Crippen LogP contribution in [0.1, 0.15) is 53.4 Å². The van der Waals surface area contributed by atoms with Gasteiger partial charge in [0, 0.05) is 40.9 Å². The number of allylic oxidation sites excluding steroid dienone is 5. The minimum atomic E-state index is -0.782. The number of fused-ring (bicyclic) bond motifs is 4. The summed E-state index contributed by atoms with van der Waals surface area (Å²) in [5.74, 6) is -0.0708. The molecule has 174 valence electrons. The molecule has 6 aliphatic rings. The van der Waals surface area contributed by atoms with Crippen LogP contribution in [0.4, 0.5) is 0 Å². The highest BCUT2D eigenvalue weighted by atomic mass is 16.5. The fraction of sp³-hybridized carbons (Fsp3) is 0.741. The van der Waals surface area contributed by atoms with Crippen molar-refractivity contribution in [2.45, 2.75) is 77.8 Å². The Morgan fingerprint density at radius 1 is 1.06 bits per heavy atom. The van der Waals surface area contributed by atoms with Gasteiger partial charge >= 0.3 is 0 Å². The minimum Gasteiger partial charge on any atom is -0.392 e. The molecule has 4 fully saturated rings. The summed E-state index contributed by atoms with van der Waals surface area (Å²) in [5.41, 5.74) is -0.182. The van der Waals surface area contributed by atoms with E-state index in [2.05, 4.69) is 45.1 Å². The number of hydrogen-bond acceptors (Lipinski definition) is 5. The predicted octanol–water partition coefficient (Wildman–Crippen LogP) is 2.95. The van der Waals surface area contributed by atoms with Crippen LogP contribution in [0.2, 0.25) is 0 Å². The summed E-state index contributed by atoms with van der Waals surface area (Å²) in [6.07, 6.45) is 8.41. The number of rotatable bonds is 1. The van der Waals surface area contributed by atoms with Crippen LogP contribution in [0.3, 0.4) is 0 Å². The smallest absolute Gasteiger partial charge is 0.143 e. The van der Waals surface area contributed by atoms with Crippen LogP contribution in [0.25, 0.3) is 0 Å². The summed E-state index contributed by atoms with van der Waals surface area (Å²) in [4.78, 5) is 14.0. The second-order valence-corrected chi connectivity index (χ2v) is 12.3. The quantitative estimate of drug-likeness (QED) is 0.546. The van der Waals surface area contributed by atoms with E-state index in [1.54, 1.807) is 0 Å². The van der Waals surface area contributed by atoms with Gasteiger partial charge in [-0.2, -0.15) is 0 Å². The second kappa shape index (κ2) is 6.24. The van der Waals surface area contributed by atoms with E-state index in [4.69, 9.17) is 4.74 Å². The monoisotopic (exact) mass is 440 g/mol. The molecule has 3 saturated carbocycles. The Bertz CT molecular complexity index is 981. The first-order valence-corrected chi connectivity index (χ1v) is 12.3. The molecule has 3 N–H and O–H groups in total. The van der Waals surface area contributed by atoms with Crippen LogP contribution < -0.4 is 0 Å². The van der Waals surface area contributed by atoms with E-state index in [0.29, 0.717) is 13.0 Å². The second-order valence-electron chi connectivity index (χ2n) is 12.3. The Hall–Kier alpha value is -1.27. The molecule has 1 aliphatic heterocycles. The summed E-state index contributed by atoms with van der Waals surface area (Å²) >= 11 is 0. The van der Waals surface area contributed by atoms with Crippen molar-refractivity contribution < 1.29 is 24.9 Å². The molecule has 6 rings (SSSR count). The molecule has 32 heavy (non-hydrogen) atoms. The lowest BCUT2D eigenvalue weighted by Crippen LogP contribution is -2.73. The van der Waals surface area contributed by atoms with E-state index in [9.17, 15) is 20.1 Å². The fourth-order valence-electron chi connectivity index (χ4n) is 9.44. The summed E-state index contributed by atoms with van der Waals surface area (Å²) < 4.78 is 6.26. The lowest BCUT2D eigenvalue weighted by molar-refractivity contribution is -0.252. The largest absolute Gasteiger partial charge is 0.392 e. The Labute approximate surface area is 190 Å². The standard InChI is InChI=1S/C27H36O5/c1-24-13-32-21-22(24)27(4,20(30)12-18(24)28)17-11-19(29)25(2)15(14-7-5-6-8-14)9-10-16(25)26(17,3)23(21)31/h5,7-8,10,15,17-18,20-23,28,30-31H,6,9,11-13H2,1-4H3/t15-,17?,18+,20-,21+,22?,23+,24+,25-,26-,27-/m0/s1. The maximum atomic E-state index is 14.0. The average molecular weight is 441 g/mol. The van der Waals surface area contributed by atoms with Gasteiger partial charge in [0.05, 0.1) is 36.4 Å². The van der Waals surface area contributed by atoms with E-state index in [0.717, 1.165) is 18.4 Å². The molecule has 1 saturated heterocycles. The SMILES string of the molecule is C[C@@]12C(=O)CC3[C@]4(C)C5[C@@H](OC[C@]5(C)[C@H](O)C[C@@H]4O)[C@@H](O)[C@@]3(C)C1=CC[C@H]2C1=CCC=C1. The molecule has 0 aromatic rings. The zero-order chi connectivity index (χ0) is 22.8. The van der Waals surface area contributed by atoms with Crippen molar-refractivity contribution >= 4 is 5.78 Å². The molecule has 5 heteroatoms. The first-order valence-electron chi connectivity index (χ1n) is 12.3. The zero-order valence-electron chi connectivity index (χ0n) is 19.5. The van der Waals surface area contributed by atoms with Gasteiger partial charge < -0.3 is 20.1 Å².